The highest BCUT2D eigenvalue weighted by Gasteiger charge is 2.04. The van der Waals surface area contributed by atoms with Crippen molar-refractivity contribution in [3.05, 3.63) is 35.4 Å². The molecule has 0 spiro atoms. The van der Waals surface area contributed by atoms with E-state index in [-0.39, 0.29) is 0 Å². The molecule has 2 N–H and O–H groups in total. The SMILES string of the molecule is CCC(C)c1ccc(CN(C)CCCCN)cc1. The maximum Gasteiger partial charge on any atom is 0.0230 e. The zero-order valence-electron chi connectivity index (χ0n) is 12.2. The first-order valence-electron chi connectivity index (χ1n) is 7.14. The average molecular weight is 248 g/mol. The van der Waals surface area contributed by atoms with Gasteiger partial charge in [0.15, 0.2) is 0 Å². The third-order valence-electron chi connectivity index (χ3n) is 3.61. The molecule has 1 unspecified atom stereocenters. The van der Waals surface area contributed by atoms with Crippen LogP contribution in [0.4, 0.5) is 0 Å². The summed E-state index contributed by atoms with van der Waals surface area (Å²) in [7, 11) is 2.18. The van der Waals surface area contributed by atoms with Crippen molar-refractivity contribution in [1.29, 1.82) is 0 Å². The Hall–Kier alpha value is -0.860. The minimum absolute atomic E-state index is 0.668. The molecule has 0 amide bonds. The second kappa shape index (κ2) is 8.28. The Balaban J connectivity index is 2.43. The maximum atomic E-state index is 5.51. The van der Waals surface area contributed by atoms with Crippen LogP contribution in [0.5, 0.6) is 0 Å². The molecule has 0 saturated heterocycles. The molecule has 0 aliphatic heterocycles. The molecular weight excluding hydrogens is 220 g/mol. The Bertz CT molecular complexity index is 318. The Morgan fingerprint density at radius 3 is 2.39 bits per heavy atom. The van der Waals surface area contributed by atoms with Crippen molar-refractivity contribution < 1.29 is 0 Å². The van der Waals surface area contributed by atoms with Gasteiger partial charge in [-0.1, -0.05) is 38.1 Å². The van der Waals surface area contributed by atoms with Crippen molar-refractivity contribution in [2.45, 2.75) is 45.6 Å². The predicted octanol–water partition coefficient (Wildman–Crippen LogP) is 3.37. The van der Waals surface area contributed by atoms with Crippen LogP contribution in [-0.2, 0) is 6.54 Å². The normalized spacial score (nSPS) is 12.9. The molecule has 1 atom stereocenters. The lowest BCUT2D eigenvalue weighted by atomic mass is 9.97. The Morgan fingerprint density at radius 2 is 1.83 bits per heavy atom. The standard InChI is InChI=1S/C16H28N2/c1-4-14(2)16-9-7-15(8-10-16)13-18(3)12-6-5-11-17/h7-10,14H,4-6,11-13,17H2,1-3H3. The van der Waals surface area contributed by atoms with Crippen LogP contribution < -0.4 is 5.73 Å². The van der Waals surface area contributed by atoms with Gasteiger partial charge in [0.1, 0.15) is 0 Å². The zero-order valence-corrected chi connectivity index (χ0v) is 12.2. The van der Waals surface area contributed by atoms with Crippen LogP contribution in [0.25, 0.3) is 0 Å². The third-order valence-corrected chi connectivity index (χ3v) is 3.61. The fourth-order valence-corrected chi connectivity index (χ4v) is 2.10. The molecule has 0 aromatic heterocycles. The van der Waals surface area contributed by atoms with Gasteiger partial charge in [-0.15, -0.1) is 0 Å². The van der Waals surface area contributed by atoms with E-state index in [4.69, 9.17) is 5.73 Å². The summed E-state index contributed by atoms with van der Waals surface area (Å²) in [5.41, 5.74) is 8.36. The molecule has 1 rings (SSSR count). The zero-order chi connectivity index (χ0) is 13.4. The van der Waals surface area contributed by atoms with Gasteiger partial charge in [0.05, 0.1) is 0 Å². The predicted molar refractivity (Wildman–Crippen MR) is 79.8 cm³/mol. The monoisotopic (exact) mass is 248 g/mol. The summed E-state index contributed by atoms with van der Waals surface area (Å²) < 4.78 is 0. The molecule has 0 heterocycles. The van der Waals surface area contributed by atoms with Gasteiger partial charge in [-0.25, -0.2) is 0 Å². The number of unbranched alkanes of at least 4 members (excludes halogenated alkanes) is 1. The largest absolute Gasteiger partial charge is 0.330 e. The summed E-state index contributed by atoms with van der Waals surface area (Å²) in [5.74, 6) is 0.668. The minimum Gasteiger partial charge on any atom is -0.330 e. The van der Waals surface area contributed by atoms with E-state index in [2.05, 4.69) is 50.1 Å². The number of rotatable bonds is 8. The van der Waals surface area contributed by atoms with Gasteiger partial charge in [0.2, 0.25) is 0 Å². The second-order valence-corrected chi connectivity index (χ2v) is 5.28. The van der Waals surface area contributed by atoms with Gasteiger partial charge >= 0.3 is 0 Å². The molecule has 0 fully saturated rings. The number of hydrogen-bond acceptors (Lipinski definition) is 2. The van der Waals surface area contributed by atoms with Gasteiger partial charge in [0.25, 0.3) is 0 Å². The summed E-state index contributed by atoms with van der Waals surface area (Å²) in [4.78, 5) is 2.37. The number of benzene rings is 1. The highest BCUT2D eigenvalue weighted by atomic mass is 15.1. The van der Waals surface area contributed by atoms with Crippen LogP contribution in [0.3, 0.4) is 0 Å². The molecule has 18 heavy (non-hydrogen) atoms. The van der Waals surface area contributed by atoms with Crippen LogP contribution >= 0.6 is 0 Å². The van der Waals surface area contributed by atoms with Crippen LogP contribution in [0.2, 0.25) is 0 Å². The Kier molecular flexibility index (Phi) is 6.99. The van der Waals surface area contributed by atoms with Gasteiger partial charge in [-0.3, -0.25) is 0 Å². The van der Waals surface area contributed by atoms with Crippen LogP contribution in [0.1, 0.15) is 50.2 Å². The fourth-order valence-electron chi connectivity index (χ4n) is 2.10. The average Bonchev–Trinajstić information content (AvgIpc) is 2.39. The fraction of sp³-hybridized carbons (Fsp3) is 0.625. The summed E-state index contributed by atoms with van der Waals surface area (Å²) in [5, 5.41) is 0. The number of nitrogens with zero attached hydrogens (tertiary/aromatic N) is 1. The number of nitrogens with two attached hydrogens (primary N) is 1. The molecular formula is C16H28N2. The Morgan fingerprint density at radius 1 is 1.17 bits per heavy atom. The smallest absolute Gasteiger partial charge is 0.0230 e. The molecule has 1 aromatic carbocycles. The summed E-state index contributed by atoms with van der Waals surface area (Å²) >= 11 is 0. The molecule has 2 nitrogen and oxygen atoms in total. The van der Waals surface area contributed by atoms with E-state index in [9.17, 15) is 0 Å². The summed E-state index contributed by atoms with van der Waals surface area (Å²) in [6.07, 6.45) is 3.52. The van der Waals surface area contributed by atoms with Crippen molar-refractivity contribution >= 4 is 0 Å². The highest BCUT2D eigenvalue weighted by Crippen LogP contribution is 2.19. The lowest BCUT2D eigenvalue weighted by Gasteiger charge is -2.17. The molecule has 0 bridgehead atoms. The summed E-state index contributed by atoms with van der Waals surface area (Å²) in [6, 6.07) is 9.08. The van der Waals surface area contributed by atoms with E-state index in [0.29, 0.717) is 5.92 Å². The topological polar surface area (TPSA) is 29.3 Å². The van der Waals surface area contributed by atoms with E-state index in [0.717, 1.165) is 26.1 Å². The van der Waals surface area contributed by atoms with Crippen molar-refractivity contribution in [3.8, 4) is 0 Å². The van der Waals surface area contributed by atoms with Gasteiger partial charge in [-0.05, 0) is 56.4 Å². The second-order valence-electron chi connectivity index (χ2n) is 5.28. The molecule has 2 heteroatoms. The molecule has 0 aliphatic carbocycles. The van der Waals surface area contributed by atoms with Crippen molar-refractivity contribution in [1.82, 2.24) is 4.90 Å². The Labute approximate surface area is 112 Å². The maximum absolute atomic E-state index is 5.51. The van der Waals surface area contributed by atoms with Crippen LogP contribution in [0.15, 0.2) is 24.3 Å². The molecule has 1 aromatic rings. The number of hydrogen-bond donors (Lipinski definition) is 1. The van der Waals surface area contributed by atoms with Gasteiger partial charge < -0.3 is 10.6 Å². The van der Waals surface area contributed by atoms with Gasteiger partial charge in [-0.2, -0.15) is 0 Å². The molecule has 0 saturated carbocycles. The first kappa shape index (κ1) is 15.2. The highest BCUT2D eigenvalue weighted by molar-refractivity contribution is 5.24. The summed E-state index contributed by atoms with van der Waals surface area (Å²) in [6.45, 7) is 7.49. The molecule has 0 radical (unpaired) electrons. The van der Waals surface area contributed by atoms with Gasteiger partial charge in [0, 0.05) is 6.54 Å². The minimum atomic E-state index is 0.668. The van der Waals surface area contributed by atoms with E-state index >= 15 is 0 Å². The van der Waals surface area contributed by atoms with E-state index < -0.39 is 0 Å². The van der Waals surface area contributed by atoms with E-state index in [1.54, 1.807) is 0 Å². The lowest BCUT2D eigenvalue weighted by molar-refractivity contribution is 0.319. The van der Waals surface area contributed by atoms with Crippen molar-refractivity contribution in [2.24, 2.45) is 5.73 Å². The van der Waals surface area contributed by atoms with Crippen LogP contribution in [-0.4, -0.2) is 25.0 Å². The van der Waals surface area contributed by atoms with Crippen molar-refractivity contribution in [3.63, 3.8) is 0 Å². The van der Waals surface area contributed by atoms with Crippen molar-refractivity contribution in [2.75, 3.05) is 20.1 Å². The quantitative estimate of drug-likeness (QED) is 0.715. The third kappa shape index (κ3) is 5.19. The first-order valence-corrected chi connectivity index (χ1v) is 7.14. The molecule has 102 valence electrons. The lowest BCUT2D eigenvalue weighted by Crippen LogP contribution is -2.19. The van der Waals surface area contributed by atoms with Crippen LogP contribution in [0, 0.1) is 0 Å². The first-order chi connectivity index (χ1) is 8.67. The van der Waals surface area contributed by atoms with E-state index in [1.165, 1.54) is 24.0 Å². The van der Waals surface area contributed by atoms with E-state index in [1.807, 2.05) is 0 Å². The molecule has 0 aliphatic rings.